The largest absolute Gasteiger partial charge is 0.376 e. The zero-order valence-electron chi connectivity index (χ0n) is 22.1. The summed E-state index contributed by atoms with van der Waals surface area (Å²) in [5.41, 5.74) is 9.19. The number of nitrogens with two attached hydrogens (primary N) is 1. The number of aromatic nitrogens is 2. The van der Waals surface area contributed by atoms with E-state index >= 15 is 0 Å². The predicted molar refractivity (Wildman–Crippen MR) is 140 cm³/mol. The SMILES string of the molecule is CC(C)Cc1cc(CC(C(N)=O)C2CCN(CC3CCOC(C)(C)C3)CC2)nn1-c1ccccc1. The molecule has 2 saturated heterocycles. The van der Waals surface area contributed by atoms with Gasteiger partial charge in [-0.15, -0.1) is 0 Å². The van der Waals surface area contributed by atoms with E-state index in [1.807, 2.05) is 22.9 Å². The number of likely N-dealkylation sites (tertiary alicyclic amines) is 1. The van der Waals surface area contributed by atoms with Gasteiger partial charge in [0.15, 0.2) is 0 Å². The Morgan fingerprint density at radius 1 is 1.14 bits per heavy atom. The van der Waals surface area contributed by atoms with Gasteiger partial charge >= 0.3 is 0 Å². The van der Waals surface area contributed by atoms with Crippen LogP contribution in [0, 0.1) is 23.7 Å². The summed E-state index contributed by atoms with van der Waals surface area (Å²) in [6, 6.07) is 12.5. The first-order chi connectivity index (χ1) is 16.7. The Hall–Kier alpha value is -2.18. The van der Waals surface area contributed by atoms with Gasteiger partial charge in [0.05, 0.1) is 17.0 Å². The molecule has 0 saturated carbocycles. The number of ether oxygens (including phenoxy) is 1. The second-order valence-electron chi connectivity index (χ2n) is 11.8. The topological polar surface area (TPSA) is 73.4 Å². The van der Waals surface area contributed by atoms with Gasteiger partial charge in [0.1, 0.15) is 0 Å². The van der Waals surface area contributed by atoms with Crippen LogP contribution in [0.5, 0.6) is 0 Å². The molecule has 3 heterocycles. The predicted octanol–water partition coefficient (Wildman–Crippen LogP) is 4.63. The third-order valence-electron chi connectivity index (χ3n) is 7.76. The van der Waals surface area contributed by atoms with Crippen molar-refractivity contribution in [3.05, 3.63) is 47.8 Å². The van der Waals surface area contributed by atoms with Gasteiger partial charge < -0.3 is 15.4 Å². The average molecular weight is 481 g/mol. The third kappa shape index (κ3) is 6.95. The molecule has 6 heteroatoms. The molecule has 0 radical (unpaired) electrons. The molecule has 2 unspecified atom stereocenters. The van der Waals surface area contributed by atoms with Crippen molar-refractivity contribution < 1.29 is 9.53 Å². The molecule has 2 fully saturated rings. The molecule has 0 aliphatic carbocycles. The van der Waals surface area contributed by atoms with E-state index in [1.165, 1.54) is 5.69 Å². The van der Waals surface area contributed by atoms with E-state index in [9.17, 15) is 4.79 Å². The molecular formula is C29H44N4O2. The lowest BCUT2D eigenvalue weighted by Crippen LogP contribution is -2.44. The van der Waals surface area contributed by atoms with Crippen molar-refractivity contribution in [1.29, 1.82) is 0 Å². The minimum atomic E-state index is -0.186. The van der Waals surface area contributed by atoms with Gasteiger partial charge in [0.2, 0.25) is 5.91 Å². The summed E-state index contributed by atoms with van der Waals surface area (Å²) in [4.78, 5) is 15.2. The lowest BCUT2D eigenvalue weighted by atomic mass is 9.80. The van der Waals surface area contributed by atoms with Crippen LogP contribution >= 0.6 is 0 Å². The highest BCUT2D eigenvalue weighted by atomic mass is 16.5. The molecule has 35 heavy (non-hydrogen) atoms. The zero-order valence-corrected chi connectivity index (χ0v) is 22.1. The monoisotopic (exact) mass is 480 g/mol. The number of rotatable bonds is 9. The van der Waals surface area contributed by atoms with Crippen molar-refractivity contribution >= 4 is 5.91 Å². The lowest BCUT2D eigenvalue weighted by Gasteiger charge is -2.40. The molecule has 1 aromatic heterocycles. The highest BCUT2D eigenvalue weighted by Gasteiger charge is 2.34. The lowest BCUT2D eigenvalue weighted by molar-refractivity contribution is -0.124. The average Bonchev–Trinajstić information content (AvgIpc) is 3.19. The maximum absolute atomic E-state index is 12.6. The van der Waals surface area contributed by atoms with Crippen molar-refractivity contribution in [3.63, 3.8) is 0 Å². The Labute approximate surface area is 211 Å². The van der Waals surface area contributed by atoms with Gasteiger partial charge in [-0.25, -0.2) is 4.68 Å². The molecule has 0 bridgehead atoms. The number of nitrogens with zero attached hydrogens (tertiary/aromatic N) is 3. The zero-order chi connectivity index (χ0) is 25.0. The Bertz CT molecular complexity index is 960. The Kier molecular flexibility index (Phi) is 8.33. The smallest absolute Gasteiger partial charge is 0.221 e. The summed E-state index contributed by atoms with van der Waals surface area (Å²) in [5.74, 6) is 1.20. The standard InChI is InChI=1S/C29H44N4O2/c1-21(2)16-26-17-24(31-33(26)25-8-6-5-7-9-25)18-27(28(30)34)23-10-13-32(14-11-23)20-22-12-15-35-29(3,4)19-22/h5-9,17,21-23,27H,10-16,18-20H2,1-4H3,(H2,30,34). The Morgan fingerprint density at radius 3 is 2.49 bits per heavy atom. The summed E-state index contributed by atoms with van der Waals surface area (Å²) >= 11 is 0. The number of hydrogen-bond acceptors (Lipinski definition) is 4. The van der Waals surface area contributed by atoms with Crippen LogP contribution in [0.3, 0.4) is 0 Å². The third-order valence-corrected chi connectivity index (χ3v) is 7.76. The molecule has 2 aliphatic rings. The number of carbonyl (C=O) groups excluding carboxylic acids is 1. The highest BCUT2D eigenvalue weighted by Crippen LogP contribution is 2.32. The maximum atomic E-state index is 12.6. The Morgan fingerprint density at radius 2 is 1.86 bits per heavy atom. The fraction of sp³-hybridized carbons (Fsp3) is 0.655. The van der Waals surface area contributed by atoms with Gasteiger partial charge in [-0.1, -0.05) is 32.0 Å². The van der Waals surface area contributed by atoms with Crippen LogP contribution in [-0.2, 0) is 22.4 Å². The first-order valence-electron chi connectivity index (χ1n) is 13.5. The van der Waals surface area contributed by atoms with E-state index in [2.05, 4.69) is 50.8 Å². The quantitative estimate of drug-likeness (QED) is 0.568. The molecule has 1 aromatic carbocycles. The van der Waals surface area contributed by atoms with Gasteiger partial charge in [0.25, 0.3) is 0 Å². The van der Waals surface area contributed by atoms with E-state index in [1.54, 1.807) is 0 Å². The molecule has 6 nitrogen and oxygen atoms in total. The van der Waals surface area contributed by atoms with E-state index < -0.39 is 0 Å². The van der Waals surface area contributed by atoms with E-state index in [0.717, 1.165) is 69.7 Å². The molecule has 0 spiro atoms. The van der Waals surface area contributed by atoms with Gasteiger partial charge in [-0.05, 0) is 95.0 Å². The molecule has 1 amide bonds. The van der Waals surface area contributed by atoms with Crippen molar-refractivity contribution in [3.8, 4) is 5.69 Å². The fourth-order valence-corrected chi connectivity index (χ4v) is 6.07. The number of primary amides is 1. The summed E-state index contributed by atoms with van der Waals surface area (Å²) in [5, 5.41) is 4.94. The van der Waals surface area contributed by atoms with E-state index in [4.69, 9.17) is 15.6 Å². The Balaban J connectivity index is 1.40. The summed E-state index contributed by atoms with van der Waals surface area (Å²) in [6.45, 7) is 13.0. The van der Waals surface area contributed by atoms with Gasteiger partial charge in [-0.3, -0.25) is 4.79 Å². The number of benzene rings is 1. The molecule has 2 aliphatic heterocycles. The second kappa shape index (κ2) is 11.3. The van der Waals surface area contributed by atoms with E-state index in [-0.39, 0.29) is 17.4 Å². The first kappa shape index (κ1) is 25.9. The summed E-state index contributed by atoms with van der Waals surface area (Å²) in [7, 11) is 0. The van der Waals surface area contributed by atoms with E-state index in [0.29, 0.717) is 24.2 Å². The van der Waals surface area contributed by atoms with Crippen LogP contribution in [-0.4, -0.2) is 52.4 Å². The second-order valence-corrected chi connectivity index (χ2v) is 11.8. The number of para-hydroxylation sites is 1. The molecule has 192 valence electrons. The summed E-state index contributed by atoms with van der Waals surface area (Å²) in [6.07, 6.45) is 5.90. The number of carbonyl (C=O) groups is 1. The van der Waals surface area contributed by atoms with Crippen molar-refractivity contribution in [1.82, 2.24) is 14.7 Å². The highest BCUT2D eigenvalue weighted by molar-refractivity contribution is 5.77. The van der Waals surface area contributed by atoms with Crippen LogP contribution in [0.4, 0.5) is 0 Å². The number of hydrogen-bond donors (Lipinski definition) is 1. The molecule has 2 N–H and O–H groups in total. The summed E-state index contributed by atoms with van der Waals surface area (Å²) < 4.78 is 7.94. The maximum Gasteiger partial charge on any atom is 0.221 e. The molecular weight excluding hydrogens is 436 g/mol. The van der Waals surface area contributed by atoms with Crippen LogP contribution in [0.25, 0.3) is 5.69 Å². The molecule has 4 rings (SSSR count). The molecule has 2 atom stereocenters. The van der Waals surface area contributed by atoms with Gasteiger partial charge in [0, 0.05) is 31.2 Å². The van der Waals surface area contributed by atoms with Crippen molar-refractivity contribution in [2.75, 3.05) is 26.2 Å². The van der Waals surface area contributed by atoms with Crippen LogP contribution in [0.15, 0.2) is 36.4 Å². The van der Waals surface area contributed by atoms with Crippen LogP contribution < -0.4 is 5.73 Å². The first-order valence-corrected chi connectivity index (χ1v) is 13.5. The minimum Gasteiger partial charge on any atom is -0.376 e. The van der Waals surface area contributed by atoms with Crippen molar-refractivity contribution in [2.24, 2.45) is 29.4 Å². The normalized spacial score (nSPS) is 22.4. The van der Waals surface area contributed by atoms with Crippen LogP contribution in [0.1, 0.15) is 64.8 Å². The van der Waals surface area contributed by atoms with Gasteiger partial charge in [-0.2, -0.15) is 5.10 Å². The molecule has 2 aromatic rings. The number of piperidine rings is 1. The van der Waals surface area contributed by atoms with Crippen LogP contribution in [0.2, 0.25) is 0 Å². The van der Waals surface area contributed by atoms with Crippen molar-refractivity contribution in [2.45, 2.75) is 71.8 Å². The minimum absolute atomic E-state index is 0.00409. The fourth-order valence-electron chi connectivity index (χ4n) is 6.07. The number of amides is 1.